The molecule has 0 aromatic heterocycles. The Bertz CT molecular complexity index is 907. The molecule has 0 saturated heterocycles. The van der Waals surface area contributed by atoms with Gasteiger partial charge in [-0.3, -0.25) is 14.7 Å². The van der Waals surface area contributed by atoms with E-state index in [0.29, 0.717) is 12.1 Å². The van der Waals surface area contributed by atoms with Crippen LogP contribution in [0.2, 0.25) is 0 Å². The SMILES string of the molecule is Cc1ccc(N2C3=[N+](CCCCC3)CC2(O)c2cccc([N+](=O)[O-])c2)cc1. The normalized spacial score (nSPS) is 22.5. The van der Waals surface area contributed by atoms with Crippen LogP contribution in [0.4, 0.5) is 11.4 Å². The van der Waals surface area contributed by atoms with Crippen LogP contribution in [0.1, 0.15) is 36.8 Å². The average Bonchev–Trinajstić information content (AvgIpc) is 2.79. The molecule has 140 valence electrons. The third-order valence-corrected chi connectivity index (χ3v) is 5.54. The fourth-order valence-electron chi connectivity index (χ4n) is 4.17. The lowest BCUT2D eigenvalue weighted by atomic mass is 9.99. The number of aliphatic hydroxyl groups is 1. The van der Waals surface area contributed by atoms with Crippen molar-refractivity contribution in [2.45, 2.75) is 38.3 Å². The van der Waals surface area contributed by atoms with E-state index in [4.69, 9.17) is 0 Å². The summed E-state index contributed by atoms with van der Waals surface area (Å²) in [4.78, 5) is 12.8. The molecule has 6 nitrogen and oxygen atoms in total. The molecule has 2 aliphatic heterocycles. The van der Waals surface area contributed by atoms with Crippen LogP contribution < -0.4 is 4.90 Å². The summed E-state index contributed by atoms with van der Waals surface area (Å²) in [7, 11) is 0. The number of nitro groups is 1. The first-order chi connectivity index (χ1) is 13.0. The topological polar surface area (TPSA) is 69.6 Å². The summed E-state index contributed by atoms with van der Waals surface area (Å²) in [5.74, 6) is 1.10. The van der Waals surface area contributed by atoms with E-state index in [1.54, 1.807) is 12.1 Å². The van der Waals surface area contributed by atoms with Gasteiger partial charge in [-0.05, 0) is 38.3 Å². The summed E-state index contributed by atoms with van der Waals surface area (Å²) in [5, 5.41) is 23.1. The predicted molar refractivity (Wildman–Crippen MR) is 104 cm³/mol. The van der Waals surface area contributed by atoms with Crippen molar-refractivity contribution in [3.8, 4) is 0 Å². The molecule has 6 heteroatoms. The minimum Gasteiger partial charge on any atom is -0.346 e. The van der Waals surface area contributed by atoms with Crippen LogP contribution in [0.25, 0.3) is 0 Å². The van der Waals surface area contributed by atoms with Gasteiger partial charge in [0.1, 0.15) is 5.69 Å². The molecule has 0 spiro atoms. The van der Waals surface area contributed by atoms with Crippen molar-refractivity contribution >= 4 is 17.2 Å². The number of benzene rings is 2. The number of aryl methyl sites for hydroxylation is 1. The van der Waals surface area contributed by atoms with E-state index in [9.17, 15) is 15.2 Å². The summed E-state index contributed by atoms with van der Waals surface area (Å²) >= 11 is 0. The molecule has 0 radical (unpaired) electrons. The average molecular weight is 366 g/mol. The number of hydrogen-bond acceptors (Lipinski definition) is 4. The minimum absolute atomic E-state index is 0.00289. The zero-order chi connectivity index (χ0) is 19.0. The molecule has 27 heavy (non-hydrogen) atoms. The van der Waals surface area contributed by atoms with Gasteiger partial charge in [0.2, 0.25) is 0 Å². The van der Waals surface area contributed by atoms with Gasteiger partial charge in [0.15, 0.2) is 6.54 Å². The lowest BCUT2D eigenvalue weighted by molar-refractivity contribution is -0.534. The first kappa shape index (κ1) is 17.7. The molecule has 0 amide bonds. The van der Waals surface area contributed by atoms with Gasteiger partial charge >= 0.3 is 0 Å². The lowest BCUT2D eigenvalue weighted by Gasteiger charge is -2.29. The number of nitrogens with zero attached hydrogens (tertiary/aromatic N) is 3. The van der Waals surface area contributed by atoms with Crippen LogP contribution in [0.15, 0.2) is 48.5 Å². The van der Waals surface area contributed by atoms with Gasteiger partial charge in [-0.15, -0.1) is 0 Å². The van der Waals surface area contributed by atoms with Gasteiger partial charge in [-0.1, -0.05) is 29.8 Å². The maximum absolute atomic E-state index is 11.8. The van der Waals surface area contributed by atoms with E-state index < -0.39 is 10.6 Å². The second-order valence-electron chi connectivity index (χ2n) is 7.44. The van der Waals surface area contributed by atoms with Crippen molar-refractivity contribution in [3.05, 3.63) is 69.8 Å². The number of amidine groups is 1. The molecule has 1 atom stereocenters. The van der Waals surface area contributed by atoms with Gasteiger partial charge in [-0.25, -0.2) is 0 Å². The van der Waals surface area contributed by atoms with E-state index in [1.165, 1.54) is 18.6 Å². The van der Waals surface area contributed by atoms with Gasteiger partial charge in [0.25, 0.3) is 17.2 Å². The lowest BCUT2D eigenvalue weighted by Crippen LogP contribution is -2.47. The first-order valence-electron chi connectivity index (χ1n) is 9.44. The fourth-order valence-corrected chi connectivity index (χ4v) is 4.17. The Morgan fingerprint density at radius 2 is 1.93 bits per heavy atom. The predicted octanol–water partition coefficient (Wildman–Crippen LogP) is 3.55. The third kappa shape index (κ3) is 3.10. The van der Waals surface area contributed by atoms with Gasteiger partial charge in [0.05, 0.1) is 11.5 Å². The van der Waals surface area contributed by atoms with Crippen LogP contribution in [-0.4, -0.2) is 33.5 Å². The van der Waals surface area contributed by atoms with Crippen molar-refractivity contribution in [1.29, 1.82) is 0 Å². The molecule has 4 rings (SSSR count). The Hall–Kier alpha value is -2.73. The maximum Gasteiger partial charge on any atom is 0.275 e. The molecule has 0 saturated carbocycles. The quantitative estimate of drug-likeness (QED) is 0.512. The highest BCUT2D eigenvalue weighted by molar-refractivity contribution is 5.97. The summed E-state index contributed by atoms with van der Waals surface area (Å²) in [6.07, 6.45) is 4.25. The number of hydrogen-bond donors (Lipinski definition) is 1. The van der Waals surface area contributed by atoms with Crippen LogP contribution in [0.3, 0.4) is 0 Å². The summed E-state index contributed by atoms with van der Waals surface area (Å²) < 4.78 is 2.24. The highest BCUT2D eigenvalue weighted by Crippen LogP contribution is 2.38. The molecule has 0 aliphatic carbocycles. The number of nitro benzene ring substituents is 1. The molecule has 0 bridgehead atoms. The van der Waals surface area contributed by atoms with Crippen molar-refractivity contribution in [2.24, 2.45) is 0 Å². The Morgan fingerprint density at radius 3 is 2.67 bits per heavy atom. The Labute approximate surface area is 158 Å². The number of non-ortho nitro benzene ring substituents is 1. The van der Waals surface area contributed by atoms with Crippen molar-refractivity contribution < 1.29 is 14.6 Å². The molecular weight excluding hydrogens is 342 g/mol. The van der Waals surface area contributed by atoms with Gasteiger partial charge < -0.3 is 5.11 Å². The molecule has 1 N–H and O–H groups in total. The Morgan fingerprint density at radius 1 is 1.15 bits per heavy atom. The van der Waals surface area contributed by atoms with Gasteiger partial charge in [0, 0.05) is 24.1 Å². The van der Waals surface area contributed by atoms with Gasteiger partial charge in [-0.2, -0.15) is 4.90 Å². The van der Waals surface area contributed by atoms with Crippen LogP contribution >= 0.6 is 0 Å². The molecule has 0 fully saturated rings. The molecule has 2 heterocycles. The molecule has 2 aromatic carbocycles. The Kier molecular flexibility index (Phi) is 4.44. The van der Waals surface area contributed by atoms with Crippen molar-refractivity contribution in [1.82, 2.24) is 0 Å². The largest absolute Gasteiger partial charge is 0.346 e. The smallest absolute Gasteiger partial charge is 0.275 e. The molecular formula is C21H24N3O3+. The monoisotopic (exact) mass is 366 g/mol. The van der Waals surface area contributed by atoms with Crippen LogP contribution in [-0.2, 0) is 5.72 Å². The summed E-state index contributed by atoms with van der Waals surface area (Å²) in [5.41, 5.74) is 1.29. The summed E-state index contributed by atoms with van der Waals surface area (Å²) in [6.45, 7) is 3.35. The molecule has 2 aliphatic rings. The van der Waals surface area contributed by atoms with Crippen LogP contribution in [0.5, 0.6) is 0 Å². The number of rotatable bonds is 3. The van der Waals surface area contributed by atoms with Crippen molar-refractivity contribution in [2.75, 3.05) is 18.0 Å². The zero-order valence-corrected chi connectivity index (χ0v) is 15.5. The van der Waals surface area contributed by atoms with E-state index >= 15 is 0 Å². The Balaban J connectivity index is 1.84. The summed E-state index contributed by atoms with van der Waals surface area (Å²) in [6, 6.07) is 14.5. The zero-order valence-electron chi connectivity index (χ0n) is 15.5. The first-order valence-corrected chi connectivity index (χ1v) is 9.44. The molecule has 1 unspecified atom stereocenters. The highest BCUT2D eigenvalue weighted by atomic mass is 16.6. The van der Waals surface area contributed by atoms with E-state index in [0.717, 1.165) is 42.9 Å². The molecule has 2 aromatic rings. The van der Waals surface area contributed by atoms with E-state index in [1.807, 2.05) is 36.1 Å². The minimum atomic E-state index is -1.33. The maximum atomic E-state index is 11.8. The number of anilines is 1. The second-order valence-corrected chi connectivity index (χ2v) is 7.44. The fraction of sp³-hybridized carbons (Fsp3) is 0.381. The second kappa shape index (κ2) is 6.78. The van der Waals surface area contributed by atoms with Crippen LogP contribution in [0, 0.1) is 17.0 Å². The standard InChI is InChI=1S/C21H24N3O3/c1-16-9-11-18(12-10-16)23-20-8-3-2-4-13-22(20)15-21(23,25)17-6-5-7-19(14-17)24(26)27/h5-7,9-12,14,25H,2-4,8,13,15H2,1H3/q+1. The van der Waals surface area contributed by atoms with E-state index in [2.05, 4.69) is 4.58 Å². The van der Waals surface area contributed by atoms with E-state index in [-0.39, 0.29) is 5.69 Å². The highest BCUT2D eigenvalue weighted by Gasteiger charge is 2.54. The van der Waals surface area contributed by atoms with Crippen molar-refractivity contribution in [3.63, 3.8) is 0 Å². The third-order valence-electron chi connectivity index (χ3n) is 5.54.